The van der Waals surface area contributed by atoms with Crippen LogP contribution in [0.5, 0.6) is 0 Å². The molecule has 0 unspecified atom stereocenters. The lowest BCUT2D eigenvalue weighted by atomic mass is 9.77. The van der Waals surface area contributed by atoms with E-state index in [0.717, 1.165) is 10.0 Å². The number of benzene rings is 1. The molecule has 3 heterocycles. The number of halogens is 1. The zero-order valence-corrected chi connectivity index (χ0v) is 15.7. The second-order valence-electron chi connectivity index (χ2n) is 6.85. The van der Waals surface area contributed by atoms with E-state index in [9.17, 15) is 9.59 Å². The Bertz CT molecular complexity index is 746. The Hall–Kier alpha value is -1.66. The monoisotopic (exact) mass is 405 g/mol. The summed E-state index contributed by atoms with van der Waals surface area (Å²) in [6.07, 6.45) is 3.52. The Kier molecular flexibility index (Phi) is 4.00. The number of ether oxygens (including phenoxy) is 2. The van der Waals surface area contributed by atoms with Crippen LogP contribution in [0, 0.1) is 11.8 Å². The molecule has 1 spiro atoms. The van der Waals surface area contributed by atoms with Gasteiger partial charge in [0.05, 0.1) is 31.2 Å². The Balaban J connectivity index is 1.63. The second-order valence-corrected chi connectivity index (χ2v) is 7.76. The molecule has 4 rings (SSSR count). The van der Waals surface area contributed by atoms with Crippen molar-refractivity contribution in [2.24, 2.45) is 11.8 Å². The molecule has 5 nitrogen and oxygen atoms in total. The molecule has 3 aliphatic rings. The van der Waals surface area contributed by atoms with Crippen LogP contribution < -0.4 is 0 Å². The summed E-state index contributed by atoms with van der Waals surface area (Å²) in [5.41, 5.74) is 0.363. The van der Waals surface area contributed by atoms with Gasteiger partial charge in [-0.3, -0.25) is 9.59 Å². The number of hydrogen-bond donors (Lipinski definition) is 0. The van der Waals surface area contributed by atoms with Crippen molar-refractivity contribution in [1.29, 1.82) is 0 Å². The maximum Gasteiger partial charge on any atom is 0.312 e. The van der Waals surface area contributed by atoms with E-state index in [4.69, 9.17) is 9.47 Å². The Morgan fingerprint density at radius 1 is 1.44 bits per heavy atom. The Morgan fingerprint density at radius 3 is 2.84 bits per heavy atom. The zero-order chi connectivity index (χ0) is 17.8. The number of hydrogen-bond acceptors (Lipinski definition) is 4. The number of esters is 1. The van der Waals surface area contributed by atoms with Gasteiger partial charge in [-0.2, -0.15) is 0 Å². The van der Waals surface area contributed by atoms with E-state index in [1.54, 1.807) is 6.92 Å². The van der Waals surface area contributed by atoms with E-state index in [2.05, 4.69) is 15.9 Å². The van der Waals surface area contributed by atoms with E-state index in [1.165, 1.54) is 0 Å². The van der Waals surface area contributed by atoms with Gasteiger partial charge in [0.1, 0.15) is 11.5 Å². The van der Waals surface area contributed by atoms with Crippen LogP contribution in [0.15, 0.2) is 40.9 Å². The first-order valence-electron chi connectivity index (χ1n) is 8.56. The molecule has 132 valence electrons. The molecule has 2 fully saturated rings. The number of rotatable bonds is 4. The van der Waals surface area contributed by atoms with Gasteiger partial charge in [-0.05, 0) is 31.5 Å². The predicted molar refractivity (Wildman–Crippen MR) is 94.6 cm³/mol. The molecule has 2 bridgehead atoms. The summed E-state index contributed by atoms with van der Waals surface area (Å²) in [5.74, 6) is -1.39. The lowest BCUT2D eigenvalue weighted by molar-refractivity contribution is -0.153. The van der Waals surface area contributed by atoms with Gasteiger partial charge in [0.25, 0.3) is 0 Å². The molecule has 0 radical (unpaired) electrons. The first kappa shape index (κ1) is 16.8. The van der Waals surface area contributed by atoms with Gasteiger partial charge < -0.3 is 14.4 Å². The van der Waals surface area contributed by atoms with Crippen LogP contribution in [0.3, 0.4) is 0 Å². The highest BCUT2D eigenvalue weighted by molar-refractivity contribution is 9.10. The first-order valence-corrected chi connectivity index (χ1v) is 9.36. The fourth-order valence-corrected chi connectivity index (χ4v) is 4.55. The van der Waals surface area contributed by atoms with Crippen LogP contribution in [0.25, 0.3) is 0 Å². The Labute approximate surface area is 155 Å². The average molecular weight is 406 g/mol. The molecule has 1 aromatic rings. The van der Waals surface area contributed by atoms with Crippen molar-refractivity contribution in [3.05, 3.63) is 46.5 Å². The molecule has 25 heavy (non-hydrogen) atoms. The van der Waals surface area contributed by atoms with Crippen LogP contribution in [0.1, 0.15) is 25.5 Å². The fourth-order valence-electron chi connectivity index (χ4n) is 4.28. The number of nitrogens with zero attached hydrogens (tertiary/aromatic N) is 1. The quantitative estimate of drug-likeness (QED) is 0.570. The standard InChI is InChI=1S/C19H20BrNO4/c1-3-24-18(23)15-14-8-9-19(25-14)10-21(17(22)16(15)19)11(2)12-4-6-13(20)7-5-12/h4-9,11,14-16H,3,10H2,1-2H3/t11-,14+,15+,16-,19-/m0/s1. The normalized spacial score (nSPS) is 33.6. The van der Waals surface area contributed by atoms with E-state index in [-0.39, 0.29) is 24.0 Å². The third-order valence-electron chi connectivity index (χ3n) is 5.51. The fraction of sp³-hybridized carbons (Fsp3) is 0.474. The van der Waals surface area contributed by atoms with Crippen molar-refractivity contribution in [2.45, 2.75) is 31.6 Å². The molecule has 5 atom stereocenters. The predicted octanol–water partition coefficient (Wildman–Crippen LogP) is 2.86. The van der Waals surface area contributed by atoms with Crippen LogP contribution in [0.4, 0.5) is 0 Å². The van der Waals surface area contributed by atoms with Crippen LogP contribution in [0.2, 0.25) is 0 Å². The maximum atomic E-state index is 13.2. The molecule has 0 aliphatic carbocycles. The maximum absolute atomic E-state index is 13.2. The van der Waals surface area contributed by atoms with Crippen LogP contribution in [-0.4, -0.2) is 41.6 Å². The minimum absolute atomic E-state index is 0.0275. The molecular weight excluding hydrogens is 386 g/mol. The molecule has 0 N–H and O–H groups in total. The van der Waals surface area contributed by atoms with Crippen molar-refractivity contribution in [2.75, 3.05) is 13.2 Å². The van der Waals surface area contributed by atoms with Crippen molar-refractivity contribution in [3.63, 3.8) is 0 Å². The minimum Gasteiger partial charge on any atom is -0.466 e. The van der Waals surface area contributed by atoms with Gasteiger partial charge in [0.15, 0.2) is 0 Å². The number of likely N-dealkylation sites (tertiary alicyclic amines) is 1. The van der Waals surface area contributed by atoms with Gasteiger partial charge in [-0.1, -0.05) is 40.2 Å². The van der Waals surface area contributed by atoms with Crippen LogP contribution >= 0.6 is 15.9 Å². The van der Waals surface area contributed by atoms with Gasteiger partial charge >= 0.3 is 5.97 Å². The largest absolute Gasteiger partial charge is 0.466 e. The van der Waals surface area contributed by atoms with Crippen molar-refractivity contribution >= 4 is 27.8 Å². The molecule has 0 aromatic heterocycles. The third-order valence-corrected chi connectivity index (χ3v) is 6.04. The molecule has 3 aliphatic heterocycles. The van der Waals surface area contributed by atoms with E-state index in [0.29, 0.717) is 13.2 Å². The summed E-state index contributed by atoms with van der Waals surface area (Å²) in [6, 6.07) is 7.86. The highest BCUT2D eigenvalue weighted by atomic mass is 79.9. The number of amides is 1. The van der Waals surface area contributed by atoms with Crippen molar-refractivity contribution in [3.8, 4) is 0 Å². The molecule has 2 saturated heterocycles. The van der Waals surface area contributed by atoms with Gasteiger partial charge in [0, 0.05) is 4.47 Å². The highest BCUT2D eigenvalue weighted by Gasteiger charge is 2.67. The summed E-state index contributed by atoms with van der Waals surface area (Å²) >= 11 is 3.43. The van der Waals surface area contributed by atoms with E-state index < -0.39 is 17.4 Å². The zero-order valence-electron chi connectivity index (χ0n) is 14.1. The molecule has 1 aromatic carbocycles. The molecule has 6 heteroatoms. The average Bonchev–Trinajstić information content (AvgIpc) is 3.23. The summed E-state index contributed by atoms with van der Waals surface area (Å²) in [6.45, 7) is 4.56. The van der Waals surface area contributed by atoms with Crippen molar-refractivity contribution < 1.29 is 19.1 Å². The van der Waals surface area contributed by atoms with Crippen LogP contribution in [-0.2, 0) is 19.1 Å². The lowest BCUT2D eigenvalue weighted by Crippen LogP contribution is -2.40. The summed E-state index contributed by atoms with van der Waals surface area (Å²) in [7, 11) is 0. The SMILES string of the molecule is CCOC(=O)[C@H]1[C@H]2C(=O)N([C@@H](C)c3ccc(Br)cc3)C[C@@]23C=C[C@H]1O3. The summed E-state index contributed by atoms with van der Waals surface area (Å²) in [4.78, 5) is 27.4. The Morgan fingerprint density at radius 2 is 2.16 bits per heavy atom. The highest BCUT2D eigenvalue weighted by Crippen LogP contribution is 2.53. The van der Waals surface area contributed by atoms with Gasteiger partial charge in [0.2, 0.25) is 5.91 Å². The molecule has 1 amide bonds. The first-order chi connectivity index (χ1) is 12.0. The second kappa shape index (κ2) is 5.95. The number of fused-ring (bicyclic) bond motifs is 1. The summed E-state index contributed by atoms with van der Waals surface area (Å²) < 4.78 is 12.3. The minimum atomic E-state index is -0.692. The van der Waals surface area contributed by atoms with Gasteiger partial charge in [-0.25, -0.2) is 0 Å². The van der Waals surface area contributed by atoms with Gasteiger partial charge in [-0.15, -0.1) is 0 Å². The lowest BCUT2D eigenvalue weighted by Gasteiger charge is -2.27. The summed E-state index contributed by atoms with van der Waals surface area (Å²) in [5, 5.41) is 0. The number of carbonyl (C=O) groups excluding carboxylic acids is 2. The number of carbonyl (C=O) groups is 2. The van der Waals surface area contributed by atoms with Crippen molar-refractivity contribution in [1.82, 2.24) is 4.90 Å². The topological polar surface area (TPSA) is 55.8 Å². The third kappa shape index (κ3) is 2.46. The smallest absolute Gasteiger partial charge is 0.312 e. The molecule has 0 saturated carbocycles. The van der Waals surface area contributed by atoms with E-state index in [1.807, 2.05) is 48.2 Å². The van der Waals surface area contributed by atoms with E-state index >= 15 is 0 Å². The molecular formula is C19H20BrNO4.